The summed E-state index contributed by atoms with van der Waals surface area (Å²) in [4.78, 5) is 7.77. The fraction of sp³-hybridized carbons (Fsp3) is 0.700. The van der Waals surface area contributed by atoms with Gasteiger partial charge in [0.2, 0.25) is 9.84 Å². The first-order chi connectivity index (χ1) is 9.84. The molecule has 1 aliphatic heterocycles. The van der Waals surface area contributed by atoms with Gasteiger partial charge in [-0.15, -0.1) is 5.10 Å². The van der Waals surface area contributed by atoms with E-state index in [0.29, 0.717) is 4.68 Å². The number of aromatic nitrogens is 3. The minimum absolute atomic E-state index is 0.195. The Bertz CT molecular complexity index is 723. The van der Waals surface area contributed by atoms with Crippen molar-refractivity contribution in [3.05, 3.63) is 11.6 Å². The Kier molecular flexibility index (Phi) is 3.70. The van der Waals surface area contributed by atoms with Crippen molar-refractivity contribution in [3.8, 4) is 0 Å². The topological polar surface area (TPSA) is 86.4 Å². The van der Waals surface area contributed by atoms with Crippen LogP contribution >= 0.6 is 0 Å². The molecule has 0 saturated carbocycles. The first-order valence-corrected chi connectivity index (χ1v) is 7.50. The molecule has 0 N–H and O–H groups in total. The Labute approximate surface area is 122 Å². The van der Waals surface area contributed by atoms with Gasteiger partial charge in [0.25, 0.3) is 11.3 Å². The normalized spacial score (nSPS) is 19.7. The Hall–Kier alpha value is -1.72. The number of hydrogen-bond acceptors (Lipinski definition) is 6. The molecule has 0 bridgehead atoms. The van der Waals surface area contributed by atoms with Gasteiger partial charge >= 0.3 is 6.18 Å². The van der Waals surface area contributed by atoms with Crippen molar-refractivity contribution in [1.29, 1.82) is 0 Å². The standard InChI is InChI=1S/C10H12F4N4O3S/c1-9(2)4-5(17-21-9)22(19,20)6(11)7-15-8(10(12,13)14)16-18(7)3/h6H,4H2,1-3H3. The molecule has 0 saturated heterocycles. The zero-order chi connectivity index (χ0) is 16.9. The second-order valence-electron chi connectivity index (χ2n) is 5.29. The van der Waals surface area contributed by atoms with Crippen LogP contribution in [0.3, 0.4) is 0 Å². The summed E-state index contributed by atoms with van der Waals surface area (Å²) in [6, 6.07) is 0. The van der Waals surface area contributed by atoms with Gasteiger partial charge in [-0.25, -0.2) is 22.5 Å². The van der Waals surface area contributed by atoms with Crippen LogP contribution in [-0.2, 0) is 27.9 Å². The monoisotopic (exact) mass is 344 g/mol. The highest BCUT2D eigenvalue weighted by molar-refractivity contribution is 8.06. The third-order valence-corrected chi connectivity index (χ3v) is 4.46. The van der Waals surface area contributed by atoms with Crippen molar-refractivity contribution >= 4 is 14.9 Å². The number of nitrogens with zero attached hydrogens (tertiary/aromatic N) is 4. The zero-order valence-corrected chi connectivity index (χ0v) is 12.5. The number of rotatable bonds is 2. The van der Waals surface area contributed by atoms with E-state index in [4.69, 9.17) is 4.84 Å². The molecule has 1 aromatic heterocycles. The average Bonchev–Trinajstić information content (AvgIpc) is 2.91. The van der Waals surface area contributed by atoms with Crippen LogP contribution in [0.5, 0.6) is 0 Å². The molecule has 2 rings (SSSR count). The fourth-order valence-corrected chi connectivity index (χ4v) is 3.14. The van der Waals surface area contributed by atoms with E-state index in [9.17, 15) is 26.0 Å². The van der Waals surface area contributed by atoms with Gasteiger partial charge in [0.1, 0.15) is 5.60 Å². The second kappa shape index (κ2) is 4.89. The number of oxime groups is 1. The summed E-state index contributed by atoms with van der Waals surface area (Å²) in [5.41, 5.74) is -3.75. The van der Waals surface area contributed by atoms with Crippen LogP contribution in [0, 0.1) is 0 Å². The number of alkyl halides is 4. The maximum Gasteiger partial charge on any atom is 0.453 e. The third-order valence-electron chi connectivity index (χ3n) is 2.83. The van der Waals surface area contributed by atoms with Crippen LogP contribution in [0.1, 0.15) is 37.4 Å². The van der Waals surface area contributed by atoms with Crippen molar-refractivity contribution in [3.63, 3.8) is 0 Å². The number of halogens is 4. The lowest BCUT2D eigenvalue weighted by Gasteiger charge is -2.13. The predicted octanol–water partition coefficient (Wildman–Crippen LogP) is 1.73. The summed E-state index contributed by atoms with van der Waals surface area (Å²) in [6.07, 6.45) is -5.10. The van der Waals surface area contributed by atoms with E-state index in [1.807, 2.05) is 0 Å². The molecular formula is C10H12F4N4O3S. The van der Waals surface area contributed by atoms with Crippen LogP contribution in [-0.4, -0.2) is 33.8 Å². The Morgan fingerprint density at radius 1 is 1.36 bits per heavy atom. The quantitative estimate of drug-likeness (QED) is 0.763. The molecule has 0 spiro atoms. The number of aryl methyl sites for hydroxylation is 1. The van der Waals surface area contributed by atoms with Crippen LogP contribution in [0.2, 0.25) is 0 Å². The van der Waals surface area contributed by atoms with Gasteiger partial charge in [0.05, 0.1) is 0 Å². The fourth-order valence-electron chi connectivity index (χ4n) is 1.73. The van der Waals surface area contributed by atoms with Crippen LogP contribution in [0.15, 0.2) is 5.16 Å². The number of sulfone groups is 1. The minimum Gasteiger partial charge on any atom is -0.389 e. The summed E-state index contributed by atoms with van der Waals surface area (Å²) >= 11 is 0. The smallest absolute Gasteiger partial charge is 0.389 e. The lowest BCUT2D eigenvalue weighted by Crippen LogP contribution is -2.25. The molecule has 0 aromatic carbocycles. The molecular weight excluding hydrogens is 332 g/mol. The summed E-state index contributed by atoms with van der Waals surface area (Å²) in [6.45, 7) is 3.08. The lowest BCUT2D eigenvalue weighted by atomic mass is 10.1. The maximum atomic E-state index is 14.3. The van der Waals surface area contributed by atoms with E-state index in [1.54, 1.807) is 0 Å². The van der Waals surface area contributed by atoms with E-state index >= 15 is 0 Å². The first-order valence-electron chi connectivity index (χ1n) is 5.96. The Balaban J connectivity index is 2.36. The average molecular weight is 344 g/mol. The van der Waals surface area contributed by atoms with Gasteiger partial charge in [-0.1, -0.05) is 5.16 Å². The highest BCUT2D eigenvalue weighted by atomic mass is 32.2. The number of hydrogen-bond donors (Lipinski definition) is 0. The molecule has 0 radical (unpaired) electrons. The van der Waals surface area contributed by atoms with Gasteiger partial charge in [-0.05, 0) is 13.8 Å². The van der Waals surface area contributed by atoms with Gasteiger partial charge < -0.3 is 4.84 Å². The molecule has 2 heterocycles. The molecule has 22 heavy (non-hydrogen) atoms. The molecule has 1 aliphatic rings. The molecule has 1 unspecified atom stereocenters. The van der Waals surface area contributed by atoms with E-state index in [1.165, 1.54) is 13.8 Å². The summed E-state index contributed by atoms with van der Waals surface area (Å²) in [5, 5.41) is 5.70. The molecule has 0 fully saturated rings. The molecule has 0 amide bonds. The molecule has 1 aromatic rings. The SMILES string of the molecule is Cn1nc(C(F)(F)F)nc1C(F)S(=O)(=O)C1=NOC(C)(C)C1. The van der Waals surface area contributed by atoms with Gasteiger partial charge in [0.15, 0.2) is 10.9 Å². The second-order valence-corrected chi connectivity index (χ2v) is 7.26. The molecule has 0 aliphatic carbocycles. The van der Waals surface area contributed by atoms with Crippen molar-refractivity contribution in [2.75, 3.05) is 0 Å². The Morgan fingerprint density at radius 2 is 1.95 bits per heavy atom. The third kappa shape index (κ3) is 2.91. The summed E-state index contributed by atoms with van der Waals surface area (Å²) in [5.74, 6) is -2.59. The largest absolute Gasteiger partial charge is 0.453 e. The van der Waals surface area contributed by atoms with E-state index in [0.717, 1.165) is 7.05 Å². The van der Waals surface area contributed by atoms with E-state index < -0.39 is 43.8 Å². The molecule has 124 valence electrons. The molecule has 12 heteroatoms. The van der Waals surface area contributed by atoms with Gasteiger partial charge in [0, 0.05) is 13.5 Å². The van der Waals surface area contributed by atoms with Crippen molar-refractivity contribution in [2.45, 2.75) is 37.5 Å². The van der Waals surface area contributed by atoms with Crippen LogP contribution < -0.4 is 0 Å². The Morgan fingerprint density at radius 3 is 2.36 bits per heavy atom. The van der Waals surface area contributed by atoms with Crippen molar-refractivity contribution in [1.82, 2.24) is 14.8 Å². The van der Waals surface area contributed by atoms with Gasteiger partial charge in [-0.2, -0.15) is 13.2 Å². The molecule has 1 atom stereocenters. The lowest BCUT2D eigenvalue weighted by molar-refractivity contribution is -0.145. The van der Waals surface area contributed by atoms with Gasteiger partial charge in [-0.3, -0.25) is 0 Å². The minimum atomic E-state index is -4.91. The van der Waals surface area contributed by atoms with E-state index in [-0.39, 0.29) is 6.42 Å². The highest BCUT2D eigenvalue weighted by Crippen LogP contribution is 2.33. The van der Waals surface area contributed by atoms with Crippen molar-refractivity contribution in [2.24, 2.45) is 12.2 Å². The molecule has 7 nitrogen and oxygen atoms in total. The maximum absolute atomic E-state index is 14.3. The van der Waals surface area contributed by atoms with Crippen LogP contribution in [0.4, 0.5) is 17.6 Å². The van der Waals surface area contributed by atoms with Crippen LogP contribution in [0.25, 0.3) is 0 Å². The van der Waals surface area contributed by atoms with E-state index in [2.05, 4.69) is 15.2 Å². The van der Waals surface area contributed by atoms with Crippen molar-refractivity contribution < 1.29 is 30.8 Å². The summed E-state index contributed by atoms with van der Waals surface area (Å²) < 4.78 is 76.3. The highest BCUT2D eigenvalue weighted by Gasteiger charge is 2.44. The summed E-state index contributed by atoms with van der Waals surface area (Å²) in [7, 11) is -3.68. The zero-order valence-electron chi connectivity index (χ0n) is 11.7. The predicted molar refractivity (Wildman–Crippen MR) is 66.0 cm³/mol. The first kappa shape index (κ1) is 16.6.